The summed E-state index contributed by atoms with van der Waals surface area (Å²) >= 11 is 0. The molecule has 0 rings (SSSR count). The normalized spacial score (nSPS) is 13.7. The first-order valence-corrected chi connectivity index (χ1v) is 7.33. The lowest BCUT2D eigenvalue weighted by atomic mass is 10.1. The van der Waals surface area contributed by atoms with Crippen molar-refractivity contribution in [2.24, 2.45) is 11.5 Å². The molecule has 6 nitrogen and oxygen atoms in total. The van der Waals surface area contributed by atoms with Gasteiger partial charge in [-0.25, -0.2) is 0 Å². The molecule has 0 aromatic heterocycles. The van der Waals surface area contributed by atoms with Crippen LogP contribution in [0.3, 0.4) is 0 Å². The molecule has 0 aliphatic rings. The average Bonchev–Trinajstić information content (AvgIpc) is 2.41. The lowest BCUT2D eigenvalue weighted by molar-refractivity contribution is -0.0913. The van der Waals surface area contributed by atoms with Crippen molar-refractivity contribution in [3.8, 4) is 0 Å². The van der Waals surface area contributed by atoms with Crippen molar-refractivity contribution in [2.75, 3.05) is 52.7 Å². The smallest absolute Gasteiger partial charge is 0.0781 e. The zero-order valence-corrected chi connectivity index (χ0v) is 13.2. The molecule has 122 valence electrons. The molecule has 0 saturated carbocycles. The Labute approximate surface area is 123 Å². The van der Waals surface area contributed by atoms with Gasteiger partial charge >= 0.3 is 0 Å². The van der Waals surface area contributed by atoms with E-state index in [0.717, 1.165) is 6.42 Å². The van der Waals surface area contributed by atoms with Gasteiger partial charge in [0, 0.05) is 19.7 Å². The molecule has 4 N–H and O–H groups in total. The van der Waals surface area contributed by atoms with Crippen LogP contribution in [0.5, 0.6) is 0 Å². The fourth-order valence-electron chi connectivity index (χ4n) is 1.46. The molecule has 0 aliphatic heterocycles. The highest BCUT2D eigenvalue weighted by atomic mass is 16.6. The van der Waals surface area contributed by atoms with E-state index in [-0.39, 0.29) is 11.7 Å². The van der Waals surface area contributed by atoms with Crippen LogP contribution in [0, 0.1) is 0 Å². The van der Waals surface area contributed by atoms with E-state index < -0.39 is 0 Å². The molecule has 0 radical (unpaired) electrons. The summed E-state index contributed by atoms with van der Waals surface area (Å²) in [4.78, 5) is 0. The van der Waals surface area contributed by atoms with Crippen LogP contribution in [0.4, 0.5) is 0 Å². The van der Waals surface area contributed by atoms with Crippen LogP contribution >= 0.6 is 0 Å². The van der Waals surface area contributed by atoms with E-state index in [9.17, 15) is 0 Å². The van der Waals surface area contributed by atoms with Gasteiger partial charge in [-0.3, -0.25) is 0 Å². The monoisotopic (exact) mass is 292 g/mol. The first-order valence-electron chi connectivity index (χ1n) is 7.33. The van der Waals surface area contributed by atoms with Crippen LogP contribution in [0.15, 0.2) is 0 Å². The second-order valence-corrected chi connectivity index (χ2v) is 5.30. The molecule has 0 amide bonds. The predicted octanol–water partition coefficient (Wildman–Crippen LogP) is 0.527. The molecule has 20 heavy (non-hydrogen) atoms. The summed E-state index contributed by atoms with van der Waals surface area (Å²) in [5.41, 5.74) is 10.5. The zero-order valence-electron chi connectivity index (χ0n) is 13.2. The van der Waals surface area contributed by atoms with Crippen LogP contribution in [0.1, 0.15) is 27.2 Å². The van der Waals surface area contributed by atoms with Gasteiger partial charge in [0.05, 0.1) is 44.7 Å². The largest absolute Gasteiger partial charge is 0.380 e. The molecule has 0 saturated heterocycles. The van der Waals surface area contributed by atoms with Crippen LogP contribution in [0.2, 0.25) is 0 Å². The summed E-state index contributed by atoms with van der Waals surface area (Å²) in [5.74, 6) is 0. The van der Waals surface area contributed by atoms with Gasteiger partial charge in [-0.2, -0.15) is 0 Å². The average molecular weight is 292 g/mol. The molecule has 0 heterocycles. The van der Waals surface area contributed by atoms with Crippen LogP contribution in [-0.2, 0) is 18.9 Å². The van der Waals surface area contributed by atoms with E-state index in [2.05, 4.69) is 13.8 Å². The molecule has 0 aromatic rings. The Bertz CT molecular complexity index is 215. The maximum atomic E-state index is 5.85. The summed E-state index contributed by atoms with van der Waals surface area (Å²) in [6.07, 6.45) is 0.875. The molecule has 1 unspecified atom stereocenters. The van der Waals surface area contributed by atoms with Crippen molar-refractivity contribution >= 4 is 0 Å². The van der Waals surface area contributed by atoms with Gasteiger partial charge in [-0.1, -0.05) is 0 Å². The topological polar surface area (TPSA) is 89.0 Å². The van der Waals surface area contributed by atoms with Crippen LogP contribution < -0.4 is 11.5 Å². The minimum atomic E-state index is -0.220. The maximum Gasteiger partial charge on any atom is 0.0781 e. The quantitative estimate of drug-likeness (QED) is 0.454. The highest BCUT2D eigenvalue weighted by Gasteiger charge is 2.19. The summed E-state index contributed by atoms with van der Waals surface area (Å²) in [5, 5.41) is 0. The first kappa shape index (κ1) is 19.8. The Kier molecular flexibility index (Phi) is 12.3. The molecule has 0 fully saturated rings. The Hall–Kier alpha value is -0.240. The second-order valence-electron chi connectivity index (χ2n) is 5.30. The highest BCUT2D eigenvalue weighted by molar-refractivity contribution is 4.69. The van der Waals surface area contributed by atoms with Crippen molar-refractivity contribution in [1.29, 1.82) is 0 Å². The minimum Gasteiger partial charge on any atom is -0.380 e. The molecule has 1 atom stereocenters. The van der Waals surface area contributed by atoms with Crippen molar-refractivity contribution in [1.82, 2.24) is 0 Å². The van der Waals surface area contributed by atoms with Gasteiger partial charge in [-0.15, -0.1) is 0 Å². The summed E-state index contributed by atoms with van der Waals surface area (Å²) in [7, 11) is 0. The van der Waals surface area contributed by atoms with E-state index in [1.807, 2.05) is 6.92 Å². The first-order chi connectivity index (χ1) is 9.52. The van der Waals surface area contributed by atoms with Crippen molar-refractivity contribution < 1.29 is 18.9 Å². The standard InChI is InChI=1S/C14H32N2O4/c1-13(19-11-10-18-9-6-16)12-20-14(2,3)4-7-17-8-5-15/h13H,4-12,15-16H2,1-3H3. The number of ether oxygens (including phenoxy) is 4. The molecule has 0 bridgehead atoms. The van der Waals surface area contributed by atoms with Crippen molar-refractivity contribution in [3.05, 3.63) is 0 Å². The van der Waals surface area contributed by atoms with Gasteiger partial charge < -0.3 is 30.4 Å². The third kappa shape index (κ3) is 12.8. The second kappa shape index (κ2) is 12.5. The van der Waals surface area contributed by atoms with E-state index in [4.69, 9.17) is 30.4 Å². The molecule has 6 heteroatoms. The van der Waals surface area contributed by atoms with Crippen molar-refractivity contribution in [2.45, 2.75) is 38.9 Å². The third-order valence-electron chi connectivity index (χ3n) is 2.71. The van der Waals surface area contributed by atoms with Gasteiger partial charge in [0.15, 0.2) is 0 Å². The SMILES string of the molecule is CC(COC(C)(C)CCOCCN)OCCOCCN. The maximum absolute atomic E-state index is 5.85. The number of hydrogen-bond donors (Lipinski definition) is 2. The number of nitrogens with two attached hydrogens (primary N) is 2. The fraction of sp³-hybridized carbons (Fsp3) is 1.00. The van der Waals surface area contributed by atoms with Crippen LogP contribution in [-0.4, -0.2) is 64.4 Å². The lowest BCUT2D eigenvalue weighted by Crippen LogP contribution is -2.31. The highest BCUT2D eigenvalue weighted by Crippen LogP contribution is 2.15. The summed E-state index contributed by atoms with van der Waals surface area (Å²) in [6, 6.07) is 0. The van der Waals surface area contributed by atoms with E-state index in [1.165, 1.54) is 0 Å². The number of rotatable bonds is 14. The van der Waals surface area contributed by atoms with Gasteiger partial charge in [-0.05, 0) is 27.2 Å². The molecule has 0 aromatic carbocycles. The van der Waals surface area contributed by atoms with E-state index in [1.54, 1.807) is 0 Å². The molecule has 0 aliphatic carbocycles. The third-order valence-corrected chi connectivity index (χ3v) is 2.71. The van der Waals surface area contributed by atoms with Gasteiger partial charge in [0.25, 0.3) is 0 Å². The lowest BCUT2D eigenvalue weighted by Gasteiger charge is -2.27. The predicted molar refractivity (Wildman–Crippen MR) is 79.8 cm³/mol. The van der Waals surface area contributed by atoms with E-state index >= 15 is 0 Å². The summed E-state index contributed by atoms with van der Waals surface area (Å²) in [6.45, 7) is 10.7. The van der Waals surface area contributed by atoms with Gasteiger partial charge in [0.2, 0.25) is 0 Å². The Balaban J connectivity index is 3.56. The minimum absolute atomic E-state index is 0.0423. The summed E-state index contributed by atoms with van der Waals surface area (Å²) < 4.78 is 22.0. The Morgan fingerprint density at radius 3 is 2.10 bits per heavy atom. The van der Waals surface area contributed by atoms with Gasteiger partial charge in [0.1, 0.15) is 0 Å². The number of hydrogen-bond acceptors (Lipinski definition) is 6. The fourth-order valence-corrected chi connectivity index (χ4v) is 1.46. The molecule has 0 spiro atoms. The Morgan fingerprint density at radius 1 is 0.900 bits per heavy atom. The Morgan fingerprint density at radius 2 is 1.50 bits per heavy atom. The molecular weight excluding hydrogens is 260 g/mol. The molecular formula is C14H32N2O4. The van der Waals surface area contributed by atoms with Crippen LogP contribution in [0.25, 0.3) is 0 Å². The van der Waals surface area contributed by atoms with Crippen molar-refractivity contribution in [3.63, 3.8) is 0 Å². The zero-order chi connectivity index (χ0) is 15.3. The van der Waals surface area contributed by atoms with E-state index in [0.29, 0.717) is 52.7 Å².